The van der Waals surface area contributed by atoms with E-state index < -0.39 is 6.04 Å². The van der Waals surface area contributed by atoms with Crippen LogP contribution in [0.2, 0.25) is 0 Å². The Bertz CT molecular complexity index is 1180. The van der Waals surface area contributed by atoms with Crippen LogP contribution in [0.3, 0.4) is 0 Å². The van der Waals surface area contributed by atoms with Gasteiger partial charge in [-0.3, -0.25) is 9.69 Å². The fourth-order valence-electron chi connectivity index (χ4n) is 4.36. The molecule has 0 unspecified atom stereocenters. The Morgan fingerprint density at radius 3 is 2.68 bits per heavy atom. The fourth-order valence-corrected chi connectivity index (χ4v) is 5.19. The highest BCUT2D eigenvalue weighted by atomic mass is 32.1. The third kappa shape index (κ3) is 3.53. The minimum absolute atomic E-state index is 0.105. The van der Waals surface area contributed by atoms with E-state index in [1.54, 1.807) is 16.2 Å². The number of ketones is 1. The molecule has 0 saturated heterocycles. The Hall–Kier alpha value is -3.38. The molecule has 0 saturated carbocycles. The van der Waals surface area contributed by atoms with Crippen molar-refractivity contribution >= 4 is 40.2 Å². The zero-order valence-electron chi connectivity index (χ0n) is 17.2. The SMILES string of the molecule is Cc1ccccc1NC(=O)N1c2ccccc2NC2=C(C(=O)CCC2)[C@H]1c1cccs1. The smallest absolute Gasteiger partial charge is 0.327 e. The second-order valence-electron chi connectivity index (χ2n) is 7.84. The number of carbonyl (C=O) groups excluding carboxylic acids is 2. The molecule has 6 heteroatoms. The number of allylic oxidation sites excluding steroid dienone is 1. The van der Waals surface area contributed by atoms with Gasteiger partial charge in [-0.2, -0.15) is 0 Å². The van der Waals surface area contributed by atoms with Crippen LogP contribution in [0.25, 0.3) is 0 Å². The van der Waals surface area contributed by atoms with Gasteiger partial charge in [0.05, 0.1) is 11.4 Å². The minimum atomic E-state index is -0.469. The standard InChI is InChI=1S/C25H23N3O2S/c1-16-8-2-3-9-17(16)27-25(30)28-20-12-5-4-10-18(20)26-19-11-6-13-21(29)23(19)24(28)22-14-7-15-31-22/h2-5,7-10,12,14-15,24,26H,6,11,13H2,1H3,(H,27,30)/t24-/m1/s1. The third-order valence-corrected chi connectivity index (χ3v) is 6.78. The van der Waals surface area contributed by atoms with E-state index >= 15 is 0 Å². The quantitative estimate of drug-likeness (QED) is 0.505. The van der Waals surface area contributed by atoms with Gasteiger partial charge in [0.1, 0.15) is 6.04 Å². The number of nitrogens with one attached hydrogen (secondary N) is 2. The highest BCUT2D eigenvalue weighted by molar-refractivity contribution is 7.10. The first-order valence-electron chi connectivity index (χ1n) is 10.4. The van der Waals surface area contributed by atoms with Crippen molar-refractivity contribution < 1.29 is 9.59 Å². The van der Waals surface area contributed by atoms with Crippen molar-refractivity contribution in [2.24, 2.45) is 0 Å². The van der Waals surface area contributed by atoms with E-state index in [1.165, 1.54) is 0 Å². The molecule has 2 aromatic carbocycles. The van der Waals surface area contributed by atoms with Gasteiger partial charge in [-0.25, -0.2) is 4.79 Å². The second-order valence-corrected chi connectivity index (χ2v) is 8.82. The van der Waals surface area contributed by atoms with Crippen molar-refractivity contribution in [3.8, 4) is 0 Å². The van der Waals surface area contributed by atoms with E-state index in [0.717, 1.165) is 46.0 Å². The maximum absolute atomic E-state index is 13.8. The van der Waals surface area contributed by atoms with Crippen LogP contribution in [0, 0.1) is 6.92 Å². The maximum atomic E-state index is 13.8. The third-order valence-electron chi connectivity index (χ3n) is 5.86. The Morgan fingerprint density at radius 1 is 1.06 bits per heavy atom. The van der Waals surface area contributed by atoms with Crippen molar-refractivity contribution in [3.63, 3.8) is 0 Å². The molecule has 5 rings (SSSR count). The summed E-state index contributed by atoms with van der Waals surface area (Å²) < 4.78 is 0. The van der Waals surface area contributed by atoms with Gasteiger partial charge < -0.3 is 10.6 Å². The number of thiophene rings is 1. The van der Waals surface area contributed by atoms with Gasteiger partial charge in [0.2, 0.25) is 0 Å². The Morgan fingerprint density at radius 2 is 1.87 bits per heavy atom. The van der Waals surface area contributed by atoms with Crippen LogP contribution in [-0.2, 0) is 4.79 Å². The molecule has 31 heavy (non-hydrogen) atoms. The molecule has 1 aliphatic heterocycles. The van der Waals surface area contributed by atoms with E-state index in [4.69, 9.17) is 0 Å². The number of Topliss-reactive ketones (excluding diaryl/α,β-unsaturated/α-hetero) is 1. The van der Waals surface area contributed by atoms with Crippen LogP contribution in [-0.4, -0.2) is 11.8 Å². The molecular formula is C25H23N3O2S. The molecule has 3 aromatic rings. The fraction of sp³-hybridized carbons (Fsp3) is 0.200. The Kier molecular flexibility index (Phi) is 5.08. The number of para-hydroxylation sites is 3. The molecule has 2 aliphatic rings. The lowest BCUT2D eigenvalue weighted by Gasteiger charge is -2.33. The molecule has 0 bridgehead atoms. The average molecular weight is 430 g/mol. The molecule has 0 spiro atoms. The van der Waals surface area contributed by atoms with E-state index in [-0.39, 0.29) is 11.8 Å². The number of nitrogens with zero attached hydrogens (tertiary/aromatic N) is 1. The normalized spacial score (nSPS) is 18.0. The number of hydrogen-bond donors (Lipinski definition) is 2. The van der Waals surface area contributed by atoms with E-state index in [1.807, 2.05) is 73.0 Å². The zero-order chi connectivity index (χ0) is 21.4. The summed E-state index contributed by atoms with van der Waals surface area (Å²) in [5.41, 5.74) is 4.96. The number of amides is 2. The lowest BCUT2D eigenvalue weighted by molar-refractivity contribution is -0.116. The van der Waals surface area contributed by atoms with Crippen LogP contribution in [0.1, 0.15) is 35.7 Å². The largest absolute Gasteiger partial charge is 0.357 e. The Balaban J connectivity index is 1.69. The first kappa shape index (κ1) is 19.6. The molecule has 5 nitrogen and oxygen atoms in total. The van der Waals surface area contributed by atoms with Crippen molar-refractivity contribution in [1.82, 2.24) is 0 Å². The maximum Gasteiger partial charge on any atom is 0.327 e. The van der Waals surface area contributed by atoms with Crippen LogP contribution < -0.4 is 15.5 Å². The summed E-state index contributed by atoms with van der Waals surface area (Å²) >= 11 is 1.57. The molecule has 2 amide bonds. The number of rotatable bonds is 2. The van der Waals surface area contributed by atoms with E-state index in [9.17, 15) is 9.59 Å². The highest BCUT2D eigenvalue weighted by Gasteiger charge is 2.40. The summed E-state index contributed by atoms with van der Waals surface area (Å²) in [6, 6.07) is 18.7. The molecule has 1 atom stereocenters. The lowest BCUT2D eigenvalue weighted by Crippen LogP contribution is -2.40. The number of aryl methyl sites for hydroxylation is 1. The molecule has 2 heterocycles. The van der Waals surface area contributed by atoms with Crippen molar-refractivity contribution in [2.75, 3.05) is 15.5 Å². The van der Waals surface area contributed by atoms with E-state index in [2.05, 4.69) is 10.6 Å². The lowest BCUT2D eigenvalue weighted by atomic mass is 9.88. The Labute approximate surface area is 185 Å². The molecular weight excluding hydrogens is 406 g/mol. The van der Waals surface area contributed by atoms with Gasteiger partial charge >= 0.3 is 6.03 Å². The van der Waals surface area contributed by atoms with Gasteiger partial charge in [0.25, 0.3) is 0 Å². The van der Waals surface area contributed by atoms with Crippen molar-refractivity contribution in [3.05, 3.63) is 87.8 Å². The molecule has 156 valence electrons. The number of hydrogen-bond acceptors (Lipinski definition) is 4. The van der Waals surface area contributed by atoms with Crippen LogP contribution >= 0.6 is 11.3 Å². The zero-order valence-corrected chi connectivity index (χ0v) is 18.0. The van der Waals surface area contributed by atoms with Gasteiger partial charge in [-0.1, -0.05) is 36.4 Å². The average Bonchev–Trinajstić information content (AvgIpc) is 3.25. The van der Waals surface area contributed by atoms with E-state index in [0.29, 0.717) is 12.0 Å². The van der Waals surface area contributed by atoms with Crippen LogP contribution in [0.4, 0.5) is 21.9 Å². The van der Waals surface area contributed by atoms with Gasteiger partial charge in [-0.15, -0.1) is 11.3 Å². The highest BCUT2D eigenvalue weighted by Crippen LogP contribution is 2.45. The number of carbonyl (C=O) groups is 2. The van der Waals surface area contributed by atoms with Gasteiger partial charge in [0.15, 0.2) is 5.78 Å². The monoisotopic (exact) mass is 429 g/mol. The molecule has 0 radical (unpaired) electrons. The molecule has 1 aliphatic carbocycles. The predicted molar refractivity (Wildman–Crippen MR) is 126 cm³/mol. The first-order chi connectivity index (χ1) is 15.1. The predicted octanol–water partition coefficient (Wildman–Crippen LogP) is 6.27. The second kappa shape index (κ2) is 8.04. The summed E-state index contributed by atoms with van der Waals surface area (Å²) in [4.78, 5) is 29.7. The van der Waals surface area contributed by atoms with Gasteiger partial charge in [-0.05, 0) is 55.0 Å². The van der Waals surface area contributed by atoms with Gasteiger partial charge in [0, 0.05) is 28.3 Å². The topological polar surface area (TPSA) is 61.4 Å². The minimum Gasteiger partial charge on any atom is -0.357 e. The van der Waals surface area contributed by atoms with Crippen molar-refractivity contribution in [1.29, 1.82) is 0 Å². The molecule has 0 fully saturated rings. The van der Waals surface area contributed by atoms with Crippen molar-refractivity contribution in [2.45, 2.75) is 32.2 Å². The summed E-state index contributed by atoms with van der Waals surface area (Å²) in [7, 11) is 0. The van der Waals surface area contributed by atoms with Crippen LogP contribution in [0.15, 0.2) is 77.3 Å². The summed E-state index contributed by atoms with van der Waals surface area (Å²) in [6.45, 7) is 1.97. The number of fused-ring (bicyclic) bond motifs is 1. The summed E-state index contributed by atoms with van der Waals surface area (Å²) in [5.74, 6) is 0.105. The number of benzene rings is 2. The molecule has 2 N–H and O–H groups in total. The summed E-state index contributed by atoms with van der Waals surface area (Å²) in [5, 5.41) is 8.56. The molecule has 1 aromatic heterocycles. The summed E-state index contributed by atoms with van der Waals surface area (Å²) in [6.07, 6.45) is 2.12. The number of anilines is 3. The van der Waals surface area contributed by atoms with Crippen LogP contribution in [0.5, 0.6) is 0 Å². The number of urea groups is 1. The first-order valence-corrected chi connectivity index (χ1v) is 11.3.